The fraction of sp³-hybridized carbons (Fsp3) is 1.00. The van der Waals surface area contributed by atoms with Gasteiger partial charge in [0.1, 0.15) is 0 Å². The second-order valence-electron chi connectivity index (χ2n) is 4.03. The molecule has 0 aromatic heterocycles. The maximum absolute atomic E-state index is 3.60. The number of halogens is 1. The number of hydrogen-bond acceptors (Lipinski definition) is 0. The smallest absolute Gasteiger partial charge is 0.00906 e. The van der Waals surface area contributed by atoms with Crippen LogP contribution in [-0.4, -0.2) is 5.33 Å². The largest absolute Gasteiger partial charge is 0.0922 e. The van der Waals surface area contributed by atoms with Crippen molar-refractivity contribution >= 4 is 15.9 Å². The van der Waals surface area contributed by atoms with E-state index < -0.39 is 0 Å². The van der Waals surface area contributed by atoms with Gasteiger partial charge in [0.2, 0.25) is 0 Å². The van der Waals surface area contributed by atoms with Crippen LogP contribution >= 0.6 is 15.9 Å². The first-order valence-electron chi connectivity index (χ1n) is 4.18. The van der Waals surface area contributed by atoms with Crippen LogP contribution in [0.25, 0.3) is 0 Å². The molecule has 0 aromatic carbocycles. The van der Waals surface area contributed by atoms with Crippen molar-refractivity contribution in [3.8, 4) is 0 Å². The zero-order valence-corrected chi connectivity index (χ0v) is 8.74. The van der Waals surface area contributed by atoms with Crippen LogP contribution in [0.5, 0.6) is 0 Å². The van der Waals surface area contributed by atoms with E-state index in [-0.39, 0.29) is 0 Å². The fourth-order valence-corrected chi connectivity index (χ4v) is 2.65. The van der Waals surface area contributed by atoms with E-state index in [1.807, 2.05) is 0 Å². The Balaban J connectivity index is 2.47. The van der Waals surface area contributed by atoms with Gasteiger partial charge in [-0.25, -0.2) is 0 Å². The van der Waals surface area contributed by atoms with Gasteiger partial charge in [-0.05, 0) is 30.1 Å². The maximum Gasteiger partial charge on any atom is 0.00906 e. The van der Waals surface area contributed by atoms with Crippen LogP contribution in [0, 0.1) is 17.3 Å². The minimum atomic E-state index is 0.689. The molecule has 0 amide bonds. The lowest BCUT2D eigenvalue weighted by molar-refractivity contribution is 0.282. The summed E-state index contributed by atoms with van der Waals surface area (Å²) >= 11 is 3.60. The molecule has 10 heavy (non-hydrogen) atoms. The first-order chi connectivity index (χ1) is 4.62. The Morgan fingerprint density at radius 3 is 1.90 bits per heavy atom. The van der Waals surface area contributed by atoms with E-state index in [2.05, 4.69) is 36.7 Å². The summed E-state index contributed by atoms with van der Waals surface area (Å²) in [5.74, 6) is 1.74. The van der Waals surface area contributed by atoms with E-state index in [1.165, 1.54) is 18.2 Å². The number of alkyl halides is 1. The second-order valence-corrected chi connectivity index (χ2v) is 4.59. The molecule has 0 saturated heterocycles. The summed E-state index contributed by atoms with van der Waals surface area (Å²) in [5.41, 5.74) is 0.689. The minimum Gasteiger partial charge on any atom is -0.0922 e. The molecule has 1 aliphatic carbocycles. The standard InChI is InChI=1S/C9H17Br/c1-7(2)8(3)9(6-10)4-5-9/h7-8H,4-6H2,1-3H3. The second kappa shape index (κ2) is 2.84. The molecule has 0 heterocycles. The summed E-state index contributed by atoms with van der Waals surface area (Å²) in [6.07, 6.45) is 2.88. The fourth-order valence-electron chi connectivity index (χ4n) is 1.58. The molecule has 0 aliphatic heterocycles. The Morgan fingerprint density at radius 1 is 1.30 bits per heavy atom. The molecule has 1 fully saturated rings. The summed E-state index contributed by atoms with van der Waals surface area (Å²) in [6, 6.07) is 0. The predicted octanol–water partition coefficient (Wildman–Crippen LogP) is 3.45. The third kappa shape index (κ3) is 1.39. The quantitative estimate of drug-likeness (QED) is 0.619. The summed E-state index contributed by atoms with van der Waals surface area (Å²) in [6.45, 7) is 7.04. The summed E-state index contributed by atoms with van der Waals surface area (Å²) in [7, 11) is 0. The van der Waals surface area contributed by atoms with Crippen LogP contribution in [0.15, 0.2) is 0 Å². The summed E-state index contributed by atoms with van der Waals surface area (Å²) in [4.78, 5) is 0. The van der Waals surface area contributed by atoms with E-state index in [0.29, 0.717) is 5.41 Å². The molecule has 60 valence electrons. The SMILES string of the molecule is CC(C)C(C)C1(CBr)CC1. The Kier molecular flexibility index (Phi) is 2.44. The average molecular weight is 205 g/mol. The lowest BCUT2D eigenvalue weighted by atomic mass is 9.84. The Hall–Kier alpha value is 0.480. The van der Waals surface area contributed by atoms with Crippen molar-refractivity contribution in [3.05, 3.63) is 0 Å². The number of rotatable bonds is 3. The zero-order chi connectivity index (χ0) is 7.78. The van der Waals surface area contributed by atoms with Gasteiger partial charge in [-0.15, -0.1) is 0 Å². The first-order valence-corrected chi connectivity index (χ1v) is 5.30. The molecule has 1 unspecified atom stereocenters. The van der Waals surface area contributed by atoms with Crippen molar-refractivity contribution < 1.29 is 0 Å². The monoisotopic (exact) mass is 204 g/mol. The van der Waals surface area contributed by atoms with Gasteiger partial charge in [0.25, 0.3) is 0 Å². The van der Waals surface area contributed by atoms with Crippen molar-refractivity contribution in [1.82, 2.24) is 0 Å². The van der Waals surface area contributed by atoms with E-state index in [4.69, 9.17) is 0 Å². The lowest BCUT2D eigenvalue weighted by Crippen LogP contribution is -2.19. The number of hydrogen-bond donors (Lipinski definition) is 0. The Labute approximate surface area is 72.5 Å². The topological polar surface area (TPSA) is 0 Å². The molecule has 0 nitrogen and oxygen atoms in total. The molecule has 1 heteroatoms. The van der Waals surface area contributed by atoms with Gasteiger partial charge < -0.3 is 0 Å². The van der Waals surface area contributed by atoms with Gasteiger partial charge in [-0.1, -0.05) is 36.7 Å². The van der Waals surface area contributed by atoms with Crippen LogP contribution in [0.3, 0.4) is 0 Å². The van der Waals surface area contributed by atoms with Crippen LogP contribution in [0.4, 0.5) is 0 Å². The van der Waals surface area contributed by atoms with Crippen LogP contribution in [0.2, 0.25) is 0 Å². The highest BCUT2D eigenvalue weighted by Gasteiger charge is 2.46. The molecule has 0 bridgehead atoms. The van der Waals surface area contributed by atoms with Gasteiger partial charge in [0, 0.05) is 5.33 Å². The van der Waals surface area contributed by atoms with E-state index in [0.717, 1.165) is 11.8 Å². The Morgan fingerprint density at radius 2 is 1.80 bits per heavy atom. The van der Waals surface area contributed by atoms with E-state index in [9.17, 15) is 0 Å². The molecule has 0 spiro atoms. The molecule has 0 aromatic rings. The van der Waals surface area contributed by atoms with Gasteiger partial charge in [-0.3, -0.25) is 0 Å². The predicted molar refractivity (Wildman–Crippen MR) is 49.5 cm³/mol. The molecule has 1 saturated carbocycles. The average Bonchev–Trinajstić information content (AvgIpc) is 2.66. The minimum absolute atomic E-state index is 0.689. The zero-order valence-electron chi connectivity index (χ0n) is 7.15. The maximum atomic E-state index is 3.60. The van der Waals surface area contributed by atoms with E-state index >= 15 is 0 Å². The molecule has 1 aliphatic rings. The molecule has 1 atom stereocenters. The molecular formula is C9H17Br. The van der Waals surface area contributed by atoms with Crippen LogP contribution in [-0.2, 0) is 0 Å². The van der Waals surface area contributed by atoms with Gasteiger partial charge in [0.15, 0.2) is 0 Å². The van der Waals surface area contributed by atoms with Crippen molar-refractivity contribution in [2.24, 2.45) is 17.3 Å². The van der Waals surface area contributed by atoms with Crippen LogP contribution < -0.4 is 0 Å². The van der Waals surface area contributed by atoms with Crippen molar-refractivity contribution in [2.45, 2.75) is 33.6 Å². The third-order valence-electron chi connectivity index (χ3n) is 3.12. The summed E-state index contributed by atoms with van der Waals surface area (Å²) in [5, 5.41) is 1.21. The Bertz CT molecular complexity index is 114. The normalized spacial score (nSPS) is 24.9. The van der Waals surface area contributed by atoms with Crippen molar-refractivity contribution in [1.29, 1.82) is 0 Å². The van der Waals surface area contributed by atoms with Gasteiger partial charge in [-0.2, -0.15) is 0 Å². The highest BCUT2D eigenvalue weighted by molar-refractivity contribution is 9.09. The van der Waals surface area contributed by atoms with Gasteiger partial charge in [0.05, 0.1) is 0 Å². The molecular weight excluding hydrogens is 188 g/mol. The van der Waals surface area contributed by atoms with E-state index in [1.54, 1.807) is 0 Å². The lowest BCUT2D eigenvalue weighted by Gasteiger charge is -2.24. The van der Waals surface area contributed by atoms with Crippen LogP contribution in [0.1, 0.15) is 33.6 Å². The molecule has 0 N–H and O–H groups in total. The van der Waals surface area contributed by atoms with Gasteiger partial charge >= 0.3 is 0 Å². The molecule has 0 radical (unpaired) electrons. The van der Waals surface area contributed by atoms with Crippen molar-refractivity contribution in [3.63, 3.8) is 0 Å². The molecule has 1 rings (SSSR count). The first kappa shape index (κ1) is 8.58. The van der Waals surface area contributed by atoms with Crippen molar-refractivity contribution in [2.75, 3.05) is 5.33 Å². The summed E-state index contributed by atoms with van der Waals surface area (Å²) < 4.78 is 0. The highest BCUT2D eigenvalue weighted by atomic mass is 79.9. The highest BCUT2D eigenvalue weighted by Crippen LogP contribution is 2.55. The third-order valence-corrected chi connectivity index (χ3v) is 4.24.